The molecule has 0 amide bonds. The summed E-state index contributed by atoms with van der Waals surface area (Å²) < 4.78 is 11.4. The third-order valence-electron chi connectivity index (χ3n) is 4.66. The summed E-state index contributed by atoms with van der Waals surface area (Å²) in [6.07, 6.45) is 1.66. The summed E-state index contributed by atoms with van der Waals surface area (Å²) in [4.78, 5) is 25.1. The zero-order valence-corrected chi connectivity index (χ0v) is 16.6. The first-order valence-electron chi connectivity index (χ1n) is 9.04. The number of hydrogen-bond donors (Lipinski definition) is 0. The van der Waals surface area contributed by atoms with Crippen molar-refractivity contribution < 1.29 is 19.1 Å². The van der Waals surface area contributed by atoms with Gasteiger partial charge in [-0.05, 0) is 61.9 Å². The van der Waals surface area contributed by atoms with E-state index in [0.717, 1.165) is 11.1 Å². The molecule has 0 aliphatic carbocycles. The molecule has 3 aromatic rings. The van der Waals surface area contributed by atoms with E-state index in [2.05, 4.69) is 0 Å². The predicted octanol–water partition coefficient (Wildman–Crippen LogP) is 5.79. The van der Waals surface area contributed by atoms with Gasteiger partial charge in [-0.15, -0.1) is 0 Å². The van der Waals surface area contributed by atoms with Crippen LogP contribution in [-0.2, 0) is 0 Å². The molecule has 0 saturated heterocycles. The van der Waals surface area contributed by atoms with Crippen molar-refractivity contribution >= 4 is 29.4 Å². The summed E-state index contributed by atoms with van der Waals surface area (Å²) in [6.45, 7) is 3.67. The largest absolute Gasteiger partial charge is 0.452 e. The number of carbonyl (C=O) groups is 2. The Morgan fingerprint density at radius 1 is 1.03 bits per heavy atom. The van der Waals surface area contributed by atoms with Crippen LogP contribution in [0.15, 0.2) is 66.4 Å². The zero-order chi connectivity index (χ0) is 20.5. The molecular formula is C24H17ClO4. The number of ketones is 1. The fraction of sp³-hybridized carbons (Fsp3) is 0.0833. The van der Waals surface area contributed by atoms with Crippen molar-refractivity contribution in [3.63, 3.8) is 0 Å². The van der Waals surface area contributed by atoms with E-state index in [1.165, 1.54) is 0 Å². The number of benzene rings is 3. The molecular weight excluding hydrogens is 388 g/mol. The maximum Gasteiger partial charge on any atom is 0.343 e. The van der Waals surface area contributed by atoms with Gasteiger partial charge in [0.2, 0.25) is 5.78 Å². The minimum absolute atomic E-state index is 0.213. The summed E-state index contributed by atoms with van der Waals surface area (Å²) >= 11 is 5.90. The molecule has 1 aliphatic rings. The van der Waals surface area contributed by atoms with Crippen LogP contribution in [0, 0.1) is 13.8 Å². The average molecular weight is 405 g/mol. The van der Waals surface area contributed by atoms with Gasteiger partial charge in [-0.2, -0.15) is 0 Å². The van der Waals surface area contributed by atoms with Crippen LogP contribution in [-0.4, -0.2) is 11.8 Å². The Bertz CT molecular complexity index is 1160. The molecule has 0 bridgehead atoms. The molecule has 0 fully saturated rings. The summed E-state index contributed by atoms with van der Waals surface area (Å²) in [5.74, 6) is 0.306. The van der Waals surface area contributed by atoms with Gasteiger partial charge in [-0.1, -0.05) is 41.4 Å². The van der Waals surface area contributed by atoms with E-state index in [1.807, 2.05) is 13.0 Å². The van der Waals surface area contributed by atoms with Crippen molar-refractivity contribution in [1.82, 2.24) is 0 Å². The summed E-state index contributed by atoms with van der Waals surface area (Å²) in [6, 6.07) is 17.5. The van der Waals surface area contributed by atoms with Gasteiger partial charge in [0, 0.05) is 10.6 Å². The van der Waals surface area contributed by atoms with Gasteiger partial charge >= 0.3 is 5.97 Å². The van der Waals surface area contributed by atoms with Crippen LogP contribution >= 0.6 is 11.6 Å². The Hall–Kier alpha value is -3.37. The Labute approximate surface area is 173 Å². The number of halogens is 1. The van der Waals surface area contributed by atoms with Crippen LogP contribution in [0.2, 0.25) is 5.02 Å². The number of rotatable bonds is 3. The first-order valence-corrected chi connectivity index (χ1v) is 9.42. The van der Waals surface area contributed by atoms with Crippen molar-refractivity contribution in [3.05, 3.63) is 99.3 Å². The van der Waals surface area contributed by atoms with E-state index < -0.39 is 5.97 Å². The number of carbonyl (C=O) groups excluding carboxylic acids is 2. The highest BCUT2D eigenvalue weighted by molar-refractivity contribution is 6.30. The second-order valence-electron chi connectivity index (χ2n) is 6.82. The van der Waals surface area contributed by atoms with E-state index in [1.54, 1.807) is 67.6 Å². The highest BCUT2D eigenvalue weighted by Crippen LogP contribution is 2.39. The number of allylic oxidation sites excluding steroid dienone is 1. The topological polar surface area (TPSA) is 52.6 Å². The van der Waals surface area contributed by atoms with Crippen LogP contribution in [0.1, 0.15) is 37.4 Å². The highest BCUT2D eigenvalue weighted by atomic mass is 35.5. The number of fused-ring (bicyclic) bond motifs is 1. The van der Waals surface area contributed by atoms with E-state index in [9.17, 15) is 9.59 Å². The number of hydrogen-bond acceptors (Lipinski definition) is 4. The minimum Gasteiger partial charge on any atom is -0.452 e. The lowest BCUT2D eigenvalue weighted by Gasteiger charge is -2.10. The van der Waals surface area contributed by atoms with Crippen molar-refractivity contribution in [2.24, 2.45) is 0 Å². The van der Waals surface area contributed by atoms with Crippen LogP contribution in [0.5, 0.6) is 11.5 Å². The summed E-state index contributed by atoms with van der Waals surface area (Å²) in [5.41, 5.74) is 3.27. The molecule has 4 nitrogen and oxygen atoms in total. The third kappa shape index (κ3) is 3.80. The predicted molar refractivity (Wildman–Crippen MR) is 112 cm³/mol. The quantitative estimate of drug-likeness (QED) is 0.315. The minimum atomic E-state index is -0.460. The Kier molecular flexibility index (Phi) is 4.95. The van der Waals surface area contributed by atoms with Crippen LogP contribution in [0.3, 0.4) is 0 Å². The van der Waals surface area contributed by atoms with Crippen molar-refractivity contribution in [3.8, 4) is 11.5 Å². The molecule has 0 aromatic heterocycles. The Balaban J connectivity index is 1.61. The third-order valence-corrected chi connectivity index (χ3v) is 4.91. The van der Waals surface area contributed by atoms with Gasteiger partial charge in [0.25, 0.3) is 0 Å². The molecule has 0 radical (unpaired) electrons. The molecule has 29 heavy (non-hydrogen) atoms. The van der Waals surface area contributed by atoms with Gasteiger partial charge in [0.1, 0.15) is 11.5 Å². The lowest BCUT2D eigenvalue weighted by atomic mass is 10.1. The molecule has 0 unspecified atom stereocenters. The SMILES string of the molecule is Cc1cccc(C(=O)Oc2ccc3c(c2C)O/C(=C\c2ccc(Cl)cc2)C3=O)c1. The molecule has 5 heteroatoms. The standard InChI is InChI=1S/C24H17ClO4/c1-14-4-3-5-17(12-14)24(27)29-20-11-10-19-22(26)21(28-23(19)15(20)2)13-16-6-8-18(25)9-7-16/h3-13H,1-2H3/b21-13-. The van der Waals surface area contributed by atoms with Gasteiger partial charge in [0.05, 0.1) is 11.1 Å². The van der Waals surface area contributed by atoms with E-state index in [0.29, 0.717) is 33.2 Å². The van der Waals surface area contributed by atoms with Crippen molar-refractivity contribution in [2.45, 2.75) is 13.8 Å². The average Bonchev–Trinajstić information content (AvgIpc) is 3.02. The number of ether oxygens (including phenoxy) is 2. The molecule has 0 saturated carbocycles. The number of Topliss-reactive ketones (excluding diaryl/α,β-unsaturated/α-hetero) is 1. The Morgan fingerprint density at radius 2 is 1.79 bits per heavy atom. The molecule has 0 spiro atoms. The monoisotopic (exact) mass is 404 g/mol. The fourth-order valence-electron chi connectivity index (χ4n) is 3.12. The Morgan fingerprint density at radius 3 is 2.52 bits per heavy atom. The van der Waals surface area contributed by atoms with Crippen LogP contribution < -0.4 is 9.47 Å². The first kappa shape index (κ1) is 19.0. The lowest BCUT2D eigenvalue weighted by Crippen LogP contribution is -2.09. The first-order chi connectivity index (χ1) is 13.9. The van der Waals surface area contributed by atoms with Crippen molar-refractivity contribution in [1.29, 1.82) is 0 Å². The maximum atomic E-state index is 12.7. The molecule has 3 aromatic carbocycles. The zero-order valence-electron chi connectivity index (χ0n) is 15.9. The van der Waals surface area contributed by atoms with Crippen LogP contribution in [0.4, 0.5) is 0 Å². The van der Waals surface area contributed by atoms with Crippen LogP contribution in [0.25, 0.3) is 6.08 Å². The number of esters is 1. The normalized spacial score (nSPS) is 13.9. The second kappa shape index (κ2) is 7.57. The fourth-order valence-corrected chi connectivity index (χ4v) is 3.25. The van der Waals surface area contributed by atoms with Gasteiger partial charge in [-0.3, -0.25) is 4.79 Å². The maximum absolute atomic E-state index is 12.7. The lowest BCUT2D eigenvalue weighted by molar-refractivity contribution is 0.0733. The highest BCUT2D eigenvalue weighted by Gasteiger charge is 2.30. The molecule has 4 rings (SSSR count). The molecule has 0 atom stereocenters. The molecule has 1 aliphatic heterocycles. The molecule has 1 heterocycles. The molecule has 0 N–H and O–H groups in total. The van der Waals surface area contributed by atoms with Gasteiger partial charge in [-0.25, -0.2) is 4.79 Å². The van der Waals surface area contributed by atoms with E-state index in [4.69, 9.17) is 21.1 Å². The van der Waals surface area contributed by atoms with Gasteiger partial charge < -0.3 is 9.47 Å². The molecule has 144 valence electrons. The summed E-state index contributed by atoms with van der Waals surface area (Å²) in [5, 5.41) is 0.616. The van der Waals surface area contributed by atoms with Crippen molar-refractivity contribution in [2.75, 3.05) is 0 Å². The second-order valence-corrected chi connectivity index (χ2v) is 7.25. The van der Waals surface area contributed by atoms with E-state index >= 15 is 0 Å². The van der Waals surface area contributed by atoms with E-state index in [-0.39, 0.29) is 11.5 Å². The number of aryl methyl sites for hydroxylation is 1. The summed E-state index contributed by atoms with van der Waals surface area (Å²) in [7, 11) is 0. The smallest absolute Gasteiger partial charge is 0.343 e. The van der Waals surface area contributed by atoms with Gasteiger partial charge in [0.15, 0.2) is 5.76 Å².